The number of carbonyl (C=O) groups is 2. The third-order valence-corrected chi connectivity index (χ3v) is 5.03. The second-order valence-corrected chi connectivity index (χ2v) is 6.89. The van der Waals surface area contributed by atoms with Crippen LogP contribution in [0.4, 0.5) is 10.5 Å². The van der Waals surface area contributed by atoms with Gasteiger partial charge in [0.15, 0.2) is 12.2 Å². The number of fused-ring (bicyclic) bond motifs is 3. The Morgan fingerprint density at radius 2 is 2.00 bits per heavy atom. The second kappa shape index (κ2) is 6.21. The zero-order valence-electron chi connectivity index (χ0n) is 14.4. The molecule has 0 spiro atoms. The number of benzene rings is 1. The predicted molar refractivity (Wildman–Crippen MR) is 98.6 cm³/mol. The van der Waals surface area contributed by atoms with E-state index in [1.54, 1.807) is 7.05 Å². The molecule has 0 saturated carbocycles. The first-order valence-corrected chi connectivity index (χ1v) is 8.73. The quantitative estimate of drug-likeness (QED) is 0.834. The molecule has 0 radical (unpaired) electrons. The van der Waals surface area contributed by atoms with Crippen molar-refractivity contribution in [3.8, 4) is 0 Å². The van der Waals surface area contributed by atoms with Gasteiger partial charge in [-0.05, 0) is 31.2 Å². The van der Waals surface area contributed by atoms with Gasteiger partial charge in [0.25, 0.3) is 5.91 Å². The number of carbonyl (C=O) groups excluding carboxylic acids is 2. The minimum Gasteiger partial charge on any atom is -0.383 e. The maximum Gasteiger partial charge on any atom is 0.325 e. The molecule has 8 nitrogen and oxygen atoms in total. The Morgan fingerprint density at radius 3 is 2.73 bits per heavy atom. The van der Waals surface area contributed by atoms with Crippen molar-refractivity contribution in [2.75, 3.05) is 25.5 Å². The van der Waals surface area contributed by atoms with Gasteiger partial charge in [0, 0.05) is 42.7 Å². The number of likely N-dealkylation sites (N-methyl/N-ethyl adjacent to an activating group) is 1. The van der Waals surface area contributed by atoms with Crippen LogP contribution in [0.25, 0.3) is 0 Å². The summed E-state index contributed by atoms with van der Waals surface area (Å²) in [7, 11) is 1.65. The highest BCUT2D eigenvalue weighted by Gasteiger charge is 2.51. The number of urea groups is 1. The summed E-state index contributed by atoms with van der Waals surface area (Å²) in [6, 6.07) is 6.59. The largest absolute Gasteiger partial charge is 0.383 e. The van der Waals surface area contributed by atoms with E-state index in [4.69, 9.17) is 11.6 Å². The van der Waals surface area contributed by atoms with Gasteiger partial charge in [0.2, 0.25) is 5.96 Å². The zero-order chi connectivity index (χ0) is 18.4. The summed E-state index contributed by atoms with van der Waals surface area (Å²) in [4.78, 5) is 34.1. The molecule has 2 atom stereocenters. The molecule has 3 aliphatic rings. The number of imide groups is 1. The smallest absolute Gasteiger partial charge is 0.325 e. The first-order valence-electron chi connectivity index (χ1n) is 8.35. The number of hydrogen-bond acceptors (Lipinski definition) is 6. The fourth-order valence-corrected chi connectivity index (χ4v) is 3.53. The minimum absolute atomic E-state index is 0.318. The van der Waals surface area contributed by atoms with E-state index < -0.39 is 18.2 Å². The maximum atomic E-state index is 12.3. The highest BCUT2D eigenvalue weighted by molar-refractivity contribution is 6.30. The van der Waals surface area contributed by atoms with Gasteiger partial charge in [-0.1, -0.05) is 11.6 Å². The minimum atomic E-state index is -0.517. The Labute approximate surface area is 156 Å². The number of amides is 3. The van der Waals surface area contributed by atoms with Gasteiger partial charge in [-0.15, -0.1) is 0 Å². The van der Waals surface area contributed by atoms with E-state index in [0.29, 0.717) is 24.1 Å². The van der Waals surface area contributed by atoms with Crippen LogP contribution < -0.4 is 10.6 Å². The molecular formula is C17H19ClN6O2. The first-order chi connectivity index (χ1) is 12.5. The molecule has 9 heteroatoms. The summed E-state index contributed by atoms with van der Waals surface area (Å²) in [5, 5.41) is 6.41. The van der Waals surface area contributed by atoms with Crippen LogP contribution in [0.15, 0.2) is 41.2 Å². The maximum absolute atomic E-state index is 12.3. The van der Waals surface area contributed by atoms with Gasteiger partial charge < -0.3 is 20.0 Å². The second-order valence-electron chi connectivity index (χ2n) is 6.46. The Bertz CT molecular complexity index is 821. The lowest BCUT2D eigenvalue weighted by molar-refractivity contribution is -0.126. The number of aliphatic imine (C=N–C) groups is 1. The van der Waals surface area contributed by atoms with Gasteiger partial charge in [-0.2, -0.15) is 0 Å². The monoisotopic (exact) mass is 374 g/mol. The molecule has 4 rings (SSSR count). The van der Waals surface area contributed by atoms with Crippen molar-refractivity contribution < 1.29 is 9.59 Å². The lowest BCUT2D eigenvalue weighted by Gasteiger charge is -2.34. The number of allylic oxidation sites excluding steroid dienone is 1. The molecule has 2 N–H and O–H groups in total. The van der Waals surface area contributed by atoms with Crippen LogP contribution >= 0.6 is 11.6 Å². The van der Waals surface area contributed by atoms with E-state index in [1.165, 1.54) is 4.90 Å². The zero-order valence-corrected chi connectivity index (χ0v) is 15.2. The number of nitrogens with zero attached hydrogens (tertiary/aromatic N) is 4. The molecule has 1 fully saturated rings. The highest BCUT2D eigenvalue weighted by atomic mass is 35.5. The van der Waals surface area contributed by atoms with Crippen LogP contribution in [0.3, 0.4) is 0 Å². The van der Waals surface area contributed by atoms with Crippen molar-refractivity contribution in [1.29, 1.82) is 0 Å². The summed E-state index contributed by atoms with van der Waals surface area (Å²) < 4.78 is 0. The third-order valence-electron chi connectivity index (χ3n) is 4.78. The van der Waals surface area contributed by atoms with Crippen molar-refractivity contribution in [2.45, 2.75) is 19.1 Å². The molecule has 2 unspecified atom stereocenters. The molecule has 0 aliphatic carbocycles. The van der Waals surface area contributed by atoms with Crippen molar-refractivity contribution in [2.24, 2.45) is 4.99 Å². The lowest BCUT2D eigenvalue weighted by atomic mass is 10.1. The van der Waals surface area contributed by atoms with Crippen molar-refractivity contribution in [3.05, 3.63) is 41.2 Å². The SMILES string of the molecule is CC1=CN2C(=NC3C2C(=O)NC(=O)N3C)N1CCNc1ccc(Cl)cc1. The molecule has 0 bridgehead atoms. The lowest BCUT2D eigenvalue weighted by Crippen LogP contribution is -2.62. The summed E-state index contributed by atoms with van der Waals surface area (Å²) >= 11 is 5.90. The van der Waals surface area contributed by atoms with Crippen LogP contribution in [0.1, 0.15) is 6.92 Å². The molecule has 3 aliphatic heterocycles. The Balaban J connectivity index is 1.46. The number of anilines is 1. The van der Waals surface area contributed by atoms with E-state index in [0.717, 1.165) is 11.4 Å². The van der Waals surface area contributed by atoms with Gasteiger partial charge in [-0.25, -0.2) is 9.79 Å². The third kappa shape index (κ3) is 2.66. The number of guanidine groups is 1. The van der Waals surface area contributed by atoms with Crippen LogP contribution in [-0.4, -0.2) is 64.9 Å². The van der Waals surface area contributed by atoms with Crippen LogP contribution in [-0.2, 0) is 4.79 Å². The van der Waals surface area contributed by atoms with E-state index in [-0.39, 0.29) is 5.91 Å². The Morgan fingerprint density at radius 1 is 1.27 bits per heavy atom. The number of halogens is 1. The average molecular weight is 375 g/mol. The summed E-state index contributed by atoms with van der Waals surface area (Å²) in [5.74, 6) is 0.383. The van der Waals surface area contributed by atoms with Crippen LogP contribution in [0.5, 0.6) is 0 Å². The van der Waals surface area contributed by atoms with Crippen molar-refractivity contribution in [3.63, 3.8) is 0 Å². The van der Waals surface area contributed by atoms with Crippen LogP contribution in [0, 0.1) is 0 Å². The van der Waals surface area contributed by atoms with Crippen molar-refractivity contribution >= 4 is 35.2 Å². The van der Waals surface area contributed by atoms with Crippen LogP contribution in [0.2, 0.25) is 5.02 Å². The highest BCUT2D eigenvalue weighted by Crippen LogP contribution is 2.31. The van der Waals surface area contributed by atoms with Gasteiger partial charge in [-0.3, -0.25) is 10.1 Å². The molecule has 26 heavy (non-hydrogen) atoms. The molecular weight excluding hydrogens is 356 g/mol. The first kappa shape index (κ1) is 16.7. The number of rotatable bonds is 4. The van der Waals surface area contributed by atoms with Crippen molar-refractivity contribution in [1.82, 2.24) is 20.0 Å². The topological polar surface area (TPSA) is 80.3 Å². The fraction of sp³-hybridized carbons (Fsp3) is 0.353. The van der Waals surface area contributed by atoms with Gasteiger partial charge in [0.05, 0.1) is 0 Å². The Kier molecular flexibility index (Phi) is 3.99. The molecule has 136 valence electrons. The van der Waals surface area contributed by atoms with Gasteiger partial charge in [0.1, 0.15) is 0 Å². The summed E-state index contributed by atoms with van der Waals surface area (Å²) in [6.07, 6.45) is 1.41. The molecule has 3 heterocycles. The predicted octanol–water partition coefficient (Wildman–Crippen LogP) is 1.48. The van der Waals surface area contributed by atoms with E-state index in [9.17, 15) is 9.59 Å². The van der Waals surface area contributed by atoms with E-state index in [1.807, 2.05) is 47.2 Å². The normalized spacial score (nSPS) is 24.2. The molecule has 3 amide bonds. The number of hydrogen-bond donors (Lipinski definition) is 2. The van der Waals surface area contributed by atoms with E-state index >= 15 is 0 Å². The summed E-state index contributed by atoms with van der Waals surface area (Å²) in [5.41, 5.74) is 1.99. The Hall–Kier alpha value is -2.74. The average Bonchev–Trinajstić information content (AvgIpc) is 3.11. The fourth-order valence-electron chi connectivity index (χ4n) is 3.40. The standard InChI is InChI=1S/C17H19ClN6O2/c1-10-9-24-13-14(22(2)17(26)21-15(13)25)20-16(24)23(10)8-7-19-12-5-3-11(18)4-6-12/h3-6,9,13-14,19H,7-8H2,1-2H3,(H,21,25,26). The molecule has 1 aromatic rings. The summed E-state index contributed by atoms with van der Waals surface area (Å²) in [6.45, 7) is 3.35. The molecule has 1 saturated heterocycles. The number of nitrogens with one attached hydrogen (secondary N) is 2. The van der Waals surface area contributed by atoms with E-state index in [2.05, 4.69) is 15.6 Å². The molecule has 1 aromatic carbocycles. The van der Waals surface area contributed by atoms with Gasteiger partial charge >= 0.3 is 6.03 Å². The molecule has 0 aromatic heterocycles.